The van der Waals surface area contributed by atoms with E-state index in [-0.39, 0.29) is 5.82 Å². The zero-order chi connectivity index (χ0) is 13.4. The summed E-state index contributed by atoms with van der Waals surface area (Å²) in [7, 11) is 0. The summed E-state index contributed by atoms with van der Waals surface area (Å²) in [6, 6.07) is 15.0. The van der Waals surface area contributed by atoms with Gasteiger partial charge in [-0.2, -0.15) is 0 Å². The monoisotopic (exact) mass is 253 g/mol. The quantitative estimate of drug-likeness (QED) is 0.612. The number of hydrogen-bond acceptors (Lipinski definition) is 0. The first-order valence-corrected chi connectivity index (χ1v) is 6.53. The summed E-state index contributed by atoms with van der Waals surface area (Å²) in [6.45, 7) is 4.38. The second-order valence-corrected chi connectivity index (χ2v) is 5.10. The fraction of sp³-hybridized carbons (Fsp3) is 0.176. The molecule has 96 valence electrons. The Morgan fingerprint density at radius 3 is 2.32 bits per heavy atom. The topological polar surface area (TPSA) is 4.93 Å². The molecule has 0 bridgehead atoms. The molecule has 0 saturated heterocycles. The van der Waals surface area contributed by atoms with Crippen molar-refractivity contribution >= 4 is 10.9 Å². The van der Waals surface area contributed by atoms with Gasteiger partial charge in [0.05, 0.1) is 5.52 Å². The van der Waals surface area contributed by atoms with E-state index in [1.54, 1.807) is 0 Å². The molecule has 0 amide bonds. The van der Waals surface area contributed by atoms with Crippen LogP contribution in [0.15, 0.2) is 54.7 Å². The number of benzene rings is 2. The predicted molar refractivity (Wildman–Crippen MR) is 77.3 cm³/mol. The molecular weight excluding hydrogens is 237 g/mol. The molecule has 19 heavy (non-hydrogen) atoms. The fourth-order valence-electron chi connectivity index (χ4n) is 2.48. The maximum Gasteiger partial charge on any atom is 0.123 e. The first kappa shape index (κ1) is 12.0. The maximum atomic E-state index is 13.0. The van der Waals surface area contributed by atoms with Gasteiger partial charge in [-0.05, 0) is 41.8 Å². The van der Waals surface area contributed by atoms with Crippen molar-refractivity contribution in [1.82, 2.24) is 4.57 Å². The van der Waals surface area contributed by atoms with Gasteiger partial charge >= 0.3 is 0 Å². The minimum atomic E-state index is -0.204. The third-order valence-electron chi connectivity index (χ3n) is 3.47. The van der Waals surface area contributed by atoms with Crippen LogP contribution in [0.1, 0.15) is 25.3 Å². The number of hydrogen-bond donors (Lipinski definition) is 0. The second kappa shape index (κ2) is 4.54. The molecule has 0 N–H and O–H groups in total. The smallest absolute Gasteiger partial charge is 0.123 e. The Labute approximate surface area is 112 Å². The number of rotatable bonds is 2. The van der Waals surface area contributed by atoms with E-state index in [0.717, 1.165) is 11.2 Å². The van der Waals surface area contributed by atoms with Gasteiger partial charge < -0.3 is 4.57 Å². The highest BCUT2D eigenvalue weighted by molar-refractivity contribution is 5.86. The van der Waals surface area contributed by atoms with Crippen LogP contribution in [0.2, 0.25) is 0 Å². The van der Waals surface area contributed by atoms with Crippen molar-refractivity contribution in [2.75, 3.05) is 0 Å². The summed E-state index contributed by atoms with van der Waals surface area (Å²) >= 11 is 0. The summed E-state index contributed by atoms with van der Waals surface area (Å²) in [5, 5.41) is 1.27. The Bertz CT molecular complexity index is 708. The largest absolute Gasteiger partial charge is 0.316 e. The minimum Gasteiger partial charge on any atom is -0.316 e. The van der Waals surface area contributed by atoms with Gasteiger partial charge in [0.2, 0.25) is 0 Å². The molecule has 0 aliphatic rings. The summed E-state index contributed by atoms with van der Waals surface area (Å²) in [5.74, 6) is 0.260. The van der Waals surface area contributed by atoms with Crippen molar-refractivity contribution in [2.24, 2.45) is 0 Å². The average molecular weight is 253 g/mol. The van der Waals surface area contributed by atoms with E-state index in [1.165, 1.54) is 23.1 Å². The van der Waals surface area contributed by atoms with Gasteiger partial charge in [-0.25, -0.2) is 4.39 Å². The standard InChI is InChI=1S/C17H16FN/c1-12(2)16-11-19(14-9-7-13(18)8-10-14)17-6-4-3-5-15(16)17/h3-12H,1-2H3. The van der Waals surface area contributed by atoms with Gasteiger partial charge in [0.25, 0.3) is 0 Å². The Balaban J connectivity index is 2.26. The van der Waals surface area contributed by atoms with Crippen LogP contribution < -0.4 is 0 Å². The molecule has 0 unspecified atom stereocenters. The van der Waals surface area contributed by atoms with Crippen LogP contribution in [0.4, 0.5) is 4.39 Å². The molecule has 2 aromatic carbocycles. The Hall–Kier alpha value is -2.09. The molecule has 0 aliphatic carbocycles. The summed E-state index contributed by atoms with van der Waals surface area (Å²) in [6.07, 6.45) is 2.16. The van der Waals surface area contributed by atoms with Crippen molar-refractivity contribution in [3.05, 3.63) is 66.1 Å². The molecular formula is C17H16FN. The number of fused-ring (bicyclic) bond motifs is 1. The summed E-state index contributed by atoms with van der Waals surface area (Å²) in [5.41, 5.74) is 3.47. The Kier molecular flexibility index (Phi) is 2.86. The number of para-hydroxylation sites is 1. The predicted octanol–water partition coefficient (Wildman–Crippen LogP) is 4.89. The molecule has 1 nitrogen and oxygen atoms in total. The van der Waals surface area contributed by atoms with Crippen molar-refractivity contribution in [3.63, 3.8) is 0 Å². The third-order valence-corrected chi connectivity index (χ3v) is 3.47. The molecule has 0 saturated carbocycles. The van der Waals surface area contributed by atoms with Crippen LogP contribution in [-0.2, 0) is 0 Å². The van der Waals surface area contributed by atoms with Crippen LogP contribution in [-0.4, -0.2) is 4.57 Å². The summed E-state index contributed by atoms with van der Waals surface area (Å²) in [4.78, 5) is 0. The van der Waals surface area contributed by atoms with E-state index < -0.39 is 0 Å². The van der Waals surface area contributed by atoms with Gasteiger partial charge in [-0.15, -0.1) is 0 Å². The second-order valence-electron chi connectivity index (χ2n) is 5.10. The molecule has 2 heteroatoms. The molecule has 0 aliphatic heterocycles. The van der Waals surface area contributed by atoms with E-state index in [9.17, 15) is 4.39 Å². The van der Waals surface area contributed by atoms with E-state index in [0.29, 0.717) is 5.92 Å². The first-order chi connectivity index (χ1) is 9.16. The zero-order valence-corrected chi connectivity index (χ0v) is 11.1. The number of aromatic nitrogens is 1. The van der Waals surface area contributed by atoms with E-state index in [1.807, 2.05) is 18.2 Å². The van der Waals surface area contributed by atoms with Crippen LogP contribution in [0.25, 0.3) is 16.6 Å². The van der Waals surface area contributed by atoms with E-state index in [4.69, 9.17) is 0 Å². The normalized spacial score (nSPS) is 11.4. The lowest BCUT2D eigenvalue weighted by molar-refractivity contribution is 0.627. The minimum absolute atomic E-state index is 0.204. The van der Waals surface area contributed by atoms with Crippen molar-refractivity contribution in [3.8, 4) is 5.69 Å². The van der Waals surface area contributed by atoms with Crippen LogP contribution in [0.3, 0.4) is 0 Å². The lowest BCUT2D eigenvalue weighted by Crippen LogP contribution is -1.91. The van der Waals surface area contributed by atoms with Gasteiger partial charge in [0, 0.05) is 17.3 Å². The SMILES string of the molecule is CC(C)c1cn(-c2ccc(F)cc2)c2ccccc12. The Morgan fingerprint density at radius 2 is 1.63 bits per heavy atom. The first-order valence-electron chi connectivity index (χ1n) is 6.53. The molecule has 3 aromatic rings. The molecule has 1 aromatic heterocycles. The van der Waals surface area contributed by atoms with Gasteiger partial charge in [-0.1, -0.05) is 32.0 Å². The lowest BCUT2D eigenvalue weighted by atomic mass is 10.0. The van der Waals surface area contributed by atoms with Gasteiger partial charge in [0.15, 0.2) is 0 Å². The highest BCUT2D eigenvalue weighted by atomic mass is 19.1. The zero-order valence-electron chi connectivity index (χ0n) is 11.1. The van der Waals surface area contributed by atoms with Gasteiger partial charge in [-0.3, -0.25) is 0 Å². The van der Waals surface area contributed by atoms with Crippen molar-refractivity contribution in [1.29, 1.82) is 0 Å². The molecule has 3 rings (SSSR count). The highest BCUT2D eigenvalue weighted by Crippen LogP contribution is 2.29. The lowest BCUT2D eigenvalue weighted by Gasteiger charge is -2.04. The fourth-order valence-corrected chi connectivity index (χ4v) is 2.48. The number of nitrogens with zero attached hydrogens (tertiary/aromatic N) is 1. The average Bonchev–Trinajstić information content (AvgIpc) is 2.79. The molecule has 0 radical (unpaired) electrons. The van der Waals surface area contributed by atoms with Crippen molar-refractivity contribution in [2.45, 2.75) is 19.8 Å². The third kappa shape index (κ3) is 2.03. The van der Waals surface area contributed by atoms with E-state index in [2.05, 4.69) is 42.8 Å². The summed E-state index contributed by atoms with van der Waals surface area (Å²) < 4.78 is 15.2. The van der Waals surface area contributed by atoms with Crippen LogP contribution in [0, 0.1) is 5.82 Å². The van der Waals surface area contributed by atoms with Crippen LogP contribution in [0.5, 0.6) is 0 Å². The molecule has 0 atom stereocenters. The number of halogens is 1. The van der Waals surface area contributed by atoms with Gasteiger partial charge in [0.1, 0.15) is 5.82 Å². The van der Waals surface area contributed by atoms with E-state index >= 15 is 0 Å². The molecule has 1 heterocycles. The highest BCUT2D eigenvalue weighted by Gasteiger charge is 2.11. The molecule has 0 fully saturated rings. The van der Waals surface area contributed by atoms with Crippen LogP contribution >= 0.6 is 0 Å². The molecule has 0 spiro atoms. The Morgan fingerprint density at radius 1 is 0.947 bits per heavy atom. The van der Waals surface area contributed by atoms with Crippen molar-refractivity contribution < 1.29 is 4.39 Å². The maximum absolute atomic E-state index is 13.0.